The Balaban J connectivity index is 1.84. The molecule has 0 radical (unpaired) electrons. The Hall–Kier alpha value is -3.12. The summed E-state index contributed by atoms with van der Waals surface area (Å²) in [6, 6.07) is 21.3. The van der Waals surface area contributed by atoms with E-state index < -0.39 is 10.0 Å². The van der Waals surface area contributed by atoms with Crippen molar-refractivity contribution in [1.82, 2.24) is 5.32 Å². The van der Waals surface area contributed by atoms with Crippen molar-refractivity contribution in [2.24, 2.45) is 0 Å². The highest BCUT2D eigenvalue weighted by Crippen LogP contribution is 2.22. The van der Waals surface area contributed by atoms with Crippen LogP contribution in [0.1, 0.15) is 46.4 Å². The van der Waals surface area contributed by atoms with Gasteiger partial charge in [0, 0.05) is 11.3 Å². The Kier molecular flexibility index (Phi) is 6.57. The molecule has 30 heavy (non-hydrogen) atoms. The van der Waals surface area contributed by atoms with Crippen molar-refractivity contribution >= 4 is 21.6 Å². The summed E-state index contributed by atoms with van der Waals surface area (Å²) in [5.74, 6) is -0.307. The van der Waals surface area contributed by atoms with Gasteiger partial charge in [-0.25, -0.2) is 8.42 Å². The zero-order valence-electron chi connectivity index (χ0n) is 17.3. The molecule has 156 valence electrons. The second-order valence-corrected chi connectivity index (χ2v) is 8.95. The largest absolute Gasteiger partial charge is 0.345 e. The molecule has 0 saturated carbocycles. The minimum absolute atomic E-state index is 0.0855. The first kappa shape index (κ1) is 21.6. The van der Waals surface area contributed by atoms with Gasteiger partial charge < -0.3 is 5.32 Å². The van der Waals surface area contributed by atoms with Crippen molar-refractivity contribution in [3.05, 3.63) is 95.1 Å². The number of nitrogens with one attached hydrogen (secondary N) is 2. The Morgan fingerprint density at radius 2 is 1.60 bits per heavy atom. The maximum Gasteiger partial charge on any atom is 0.262 e. The number of aryl methyl sites for hydroxylation is 2. The minimum atomic E-state index is -3.82. The highest BCUT2D eigenvalue weighted by atomic mass is 32.2. The summed E-state index contributed by atoms with van der Waals surface area (Å²) in [6.07, 6.45) is 0.724. The first-order chi connectivity index (χ1) is 14.3. The van der Waals surface area contributed by atoms with Crippen LogP contribution in [0.2, 0.25) is 0 Å². The fourth-order valence-corrected chi connectivity index (χ4v) is 4.54. The molecule has 1 atom stereocenters. The number of hydrogen-bond acceptors (Lipinski definition) is 3. The fraction of sp³-hybridized carbons (Fsp3) is 0.208. The number of carbonyl (C=O) groups excluding carboxylic acids is 1. The second kappa shape index (κ2) is 9.13. The maximum absolute atomic E-state index is 12.9. The average Bonchev–Trinajstić information content (AvgIpc) is 2.73. The van der Waals surface area contributed by atoms with Gasteiger partial charge in [-0.3, -0.25) is 9.52 Å². The van der Waals surface area contributed by atoms with Gasteiger partial charge in [0.05, 0.1) is 10.9 Å². The average molecular weight is 423 g/mol. The first-order valence-corrected chi connectivity index (χ1v) is 11.3. The second-order valence-electron chi connectivity index (χ2n) is 7.30. The number of hydrogen-bond donors (Lipinski definition) is 2. The van der Waals surface area contributed by atoms with Gasteiger partial charge in [0.2, 0.25) is 0 Å². The molecular formula is C24H26N2O3S. The smallest absolute Gasteiger partial charge is 0.262 e. The lowest BCUT2D eigenvalue weighted by Gasteiger charge is -2.18. The third-order valence-electron chi connectivity index (χ3n) is 4.96. The number of benzene rings is 3. The number of rotatable bonds is 7. The van der Waals surface area contributed by atoms with Gasteiger partial charge in [0.1, 0.15) is 0 Å². The van der Waals surface area contributed by atoms with Crippen LogP contribution in [-0.2, 0) is 10.0 Å². The molecule has 0 heterocycles. The summed E-state index contributed by atoms with van der Waals surface area (Å²) in [5, 5.41) is 3.01. The number of amides is 1. The van der Waals surface area contributed by atoms with Crippen LogP contribution in [0.15, 0.2) is 77.7 Å². The fourth-order valence-electron chi connectivity index (χ4n) is 3.21. The highest BCUT2D eigenvalue weighted by Gasteiger charge is 2.21. The van der Waals surface area contributed by atoms with E-state index in [1.54, 1.807) is 43.3 Å². The van der Waals surface area contributed by atoms with E-state index in [1.165, 1.54) is 6.07 Å². The monoisotopic (exact) mass is 422 g/mol. The van der Waals surface area contributed by atoms with Crippen molar-refractivity contribution in [3.8, 4) is 0 Å². The standard InChI is InChI=1S/C24H26N2O3S/c1-4-22(19-13-10-17(2)11-14-19)25-24(27)20-15-12-18(3)23(16-20)30(28,29)26-21-8-6-5-7-9-21/h5-16,22,26H,4H2,1-3H3,(H,25,27)/t22-/m0/s1. The zero-order chi connectivity index (χ0) is 21.7. The van der Waals surface area contributed by atoms with Crippen LogP contribution >= 0.6 is 0 Å². The Morgan fingerprint density at radius 3 is 2.23 bits per heavy atom. The van der Waals surface area contributed by atoms with E-state index in [9.17, 15) is 13.2 Å². The van der Waals surface area contributed by atoms with Crippen LogP contribution in [0.5, 0.6) is 0 Å². The van der Waals surface area contributed by atoms with Crippen LogP contribution in [0.4, 0.5) is 5.69 Å². The summed E-state index contributed by atoms with van der Waals surface area (Å²) in [4.78, 5) is 13.0. The minimum Gasteiger partial charge on any atom is -0.345 e. The van der Waals surface area contributed by atoms with Crippen molar-refractivity contribution in [1.29, 1.82) is 0 Å². The lowest BCUT2D eigenvalue weighted by atomic mass is 10.0. The lowest BCUT2D eigenvalue weighted by Crippen LogP contribution is -2.28. The molecule has 0 aliphatic heterocycles. The molecule has 6 heteroatoms. The van der Waals surface area contributed by atoms with Crippen LogP contribution in [0.25, 0.3) is 0 Å². The molecule has 3 aromatic rings. The quantitative estimate of drug-likeness (QED) is 0.563. The van der Waals surface area contributed by atoms with E-state index in [-0.39, 0.29) is 16.8 Å². The molecule has 0 spiro atoms. The summed E-state index contributed by atoms with van der Waals surface area (Å²) in [7, 11) is -3.82. The molecule has 0 aromatic heterocycles. The van der Waals surface area contributed by atoms with Crippen molar-refractivity contribution in [2.75, 3.05) is 4.72 Å². The van der Waals surface area contributed by atoms with E-state index in [4.69, 9.17) is 0 Å². The summed E-state index contributed by atoms with van der Waals surface area (Å²) < 4.78 is 28.3. The molecule has 1 amide bonds. The molecule has 0 bridgehead atoms. The molecule has 0 fully saturated rings. The summed E-state index contributed by atoms with van der Waals surface area (Å²) >= 11 is 0. The van der Waals surface area contributed by atoms with Gasteiger partial charge in [-0.15, -0.1) is 0 Å². The predicted molar refractivity (Wildman–Crippen MR) is 120 cm³/mol. The van der Waals surface area contributed by atoms with Gasteiger partial charge in [0.15, 0.2) is 0 Å². The topological polar surface area (TPSA) is 75.3 Å². The zero-order valence-corrected chi connectivity index (χ0v) is 18.2. The maximum atomic E-state index is 12.9. The molecule has 0 saturated heterocycles. The van der Waals surface area contributed by atoms with Gasteiger partial charge >= 0.3 is 0 Å². The summed E-state index contributed by atoms with van der Waals surface area (Å²) in [5.41, 5.74) is 3.51. The van der Waals surface area contributed by atoms with Crippen molar-refractivity contribution < 1.29 is 13.2 Å². The number of carbonyl (C=O) groups is 1. The van der Waals surface area contributed by atoms with Crippen molar-refractivity contribution in [2.45, 2.75) is 38.1 Å². The molecule has 0 unspecified atom stereocenters. The molecule has 3 aromatic carbocycles. The van der Waals surface area contributed by atoms with E-state index in [0.717, 1.165) is 17.5 Å². The third kappa shape index (κ3) is 5.07. The molecule has 3 rings (SSSR count). The molecule has 0 aliphatic rings. The van der Waals surface area contributed by atoms with Crippen LogP contribution in [-0.4, -0.2) is 14.3 Å². The van der Waals surface area contributed by atoms with Gasteiger partial charge in [-0.2, -0.15) is 0 Å². The third-order valence-corrected chi connectivity index (χ3v) is 6.48. The summed E-state index contributed by atoms with van der Waals surface area (Å²) in [6.45, 7) is 5.73. The van der Waals surface area contributed by atoms with E-state index in [0.29, 0.717) is 16.8 Å². The normalized spacial score (nSPS) is 12.2. The number of anilines is 1. The SMILES string of the molecule is CC[C@H](NC(=O)c1ccc(C)c(S(=O)(=O)Nc2ccccc2)c1)c1ccc(C)cc1. The van der Waals surface area contributed by atoms with Crippen LogP contribution < -0.4 is 10.0 Å². The Bertz CT molecular complexity index is 1120. The Labute approximate surface area is 178 Å². The molecular weight excluding hydrogens is 396 g/mol. The number of sulfonamides is 1. The van der Waals surface area contributed by atoms with Gasteiger partial charge in [-0.05, 0) is 55.7 Å². The highest BCUT2D eigenvalue weighted by molar-refractivity contribution is 7.92. The lowest BCUT2D eigenvalue weighted by molar-refractivity contribution is 0.0935. The first-order valence-electron chi connectivity index (χ1n) is 9.86. The van der Waals surface area contributed by atoms with Gasteiger partial charge in [-0.1, -0.05) is 61.0 Å². The molecule has 0 aliphatic carbocycles. The van der Waals surface area contributed by atoms with E-state index in [1.807, 2.05) is 44.2 Å². The van der Waals surface area contributed by atoms with Crippen LogP contribution in [0, 0.1) is 13.8 Å². The molecule has 5 nitrogen and oxygen atoms in total. The van der Waals surface area contributed by atoms with Crippen LogP contribution in [0.3, 0.4) is 0 Å². The van der Waals surface area contributed by atoms with Crippen molar-refractivity contribution in [3.63, 3.8) is 0 Å². The number of para-hydroxylation sites is 1. The van der Waals surface area contributed by atoms with E-state index in [2.05, 4.69) is 10.0 Å². The predicted octanol–water partition coefficient (Wildman–Crippen LogP) is 4.99. The van der Waals surface area contributed by atoms with Gasteiger partial charge in [0.25, 0.3) is 15.9 Å². The van der Waals surface area contributed by atoms with E-state index >= 15 is 0 Å². The molecule has 2 N–H and O–H groups in total. The Morgan fingerprint density at radius 1 is 0.933 bits per heavy atom.